The fourth-order valence-corrected chi connectivity index (χ4v) is 1.52. The van der Waals surface area contributed by atoms with Gasteiger partial charge in [-0.3, -0.25) is 14.9 Å². The van der Waals surface area contributed by atoms with E-state index in [9.17, 15) is 14.9 Å². The molecular weight excluding hydrogens is 252 g/mol. The minimum Gasteiger partial charge on any atom is -0.393 e. The number of aryl methyl sites for hydroxylation is 1. The molecule has 1 heterocycles. The lowest BCUT2D eigenvalue weighted by Gasteiger charge is -2.09. The highest BCUT2D eigenvalue weighted by Gasteiger charge is 2.19. The first kappa shape index (κ1) is 15.1. The molecule has 1 aromatic carbocycles. The maximum atomic E-state index is 10.5. The van der Waals surface area contributed by atoms with Crippen molar-refractivity contribution in [3.63, 3.8) is 0 Å². The summed E-state index contributed by atoms with van der Waals surface area (Å²) in [7, 11) is 0. The van der Waals surface area contributed by atoms with E-state index in [4.69, 9.17) is 15.2 Å². The maximum absolute atomic E-state index is 10.5. The van der Waals surface area contributed by atoms with Crippen molar-refractivity contribution in [3.05, 3.63) is 33.4 Å². The molecule has 1 aliphatic heterocycles. The van der Waals surface area contributed by atoms with Crippen molar-refractivity contribution in [1.29, 1.82) is 0 Å². The normalized spacial score (nSPS) is 14.2. The second-order valence-corrected chi connectivity index (χ2v) is 3.83. The molecule has 0 atom stereocenters. The lowest BCUT2D eigenvalue weighted by molar-refractivity contribution is -0.384. The van der Waals surface area contributed by atoms with Gasteiger partial charge in [0.2, 0.25) is 0 Å². The Morgan fingerprint density at radius 2 is 1.79 bits per heavy atom. The Bertz CT molecular complexity index is 446. The zero-order valence-electron chi connectivity index (χ0n) is 10.6. The molecule has 7 heteroatoms. The Morgan fingerprint density at radius 3 is 2.11 bits per heavy atom. The number of nitro groups is 1. The Balaban J connectivity index is 0.000000250. The third-order valence-corrected chi connectivity index (χ3v) is 2.51. The van der Waals surface area contributed by atoms with Gasteiger partial charge in [-0.1, -0.05) is 6.07 Å². The molecule has 19 heavy (non-hydrogen) atoms. The number of nitrogen functional groups attached to an aromatic ring is 1. The van der Waals surface area contributed by atoms with Crippen LogP contribution in [0, 0.1) is 17.0 Å². The summed E-state index contributed by atoms with van der Waals surface area (Å²) in [5, 5.41) is 10.5. The van der Waals surface area contributed by atoms with Crippen LogP contribution in [-0.4, -0.2) is 37.6 Å². The fourth-order valence-electron chi connectivity index (χ4n) is 1.52. The van der Waals surface area contributed by atoms with E-state index in [0.29, 0.717) is 11.8 Å². The van der Waals surface area contributed by atoms with Gasteiger partial charge in [0.15, 0.2) is 6.29 Å². The number of hydrogen-bond donors (Lipinski definition) is 1. The zero-order chi connectivity index (χ0) is 14.3. The fraction of sp³-hybridized carbons (Fsp3) is 0.417. The summed E-state index contributed by atoms with van der Waals surface area (Å²) in [4.78, 5) is 20.4. The van der Waals surface area contributed by atoms with E-state index in [1.807, 2.05) is 0 Å². The zero-order valence-corrected chi connectivity index (χ0v) is 10.6. The third kappa shape index (κ3) is 4.31. The first-order valence-corrected chi connectivity index (χ1v) is 5.72. The molecular formula is C12H16N2O5. The van der Waals surface area contributed by atoms with Crippen LogP contribution in [-0.2, 0) is 9.47 Å². The molecule has 0 unspecified atom stereocenters. The van der Waals surface area contributed by atoms with Gasteiger partial charge in [0.05, 0.1) is 36.9 Å². The standard InChI is InChI=1S/C8H8N2O3.C4H8O2/c1-5-2-3-7(9)8(10(12)13)6(5)4-11;1-2-6-4-3-5-1/h2-4H,9H2,1H3;1-4H2. The third-order valence-electron chi connectivity index (χ3n) is 2.51. The Labute approximate surface area is 110 Å². The minimum absolute atomic E-state index is 0.0118. The molecule has 0 amide bonds. The lowest BCUT2D eigenvalue weighted by Crippen LogP contribution is -2.16. The second kappa shape index (κ2) is 7.45. The van der Waals surface area contributed by atoms with Crippen molar-refractivity contribution in [3.8, 4) is 0 Å². The molecule has 2 rings (SSSR count). The number of aldehydes is 1. The molecule has 0 saturated carbocycles. The monoisotopic (exact) mass is 268 g/mol. The van der Waals surface area contributed by atoms with Crippen LogP contribution in [0.4, 0.5) is 11.4 Å². The van der Waals surface area contributed by atoms with Gasteiger partial charge >= 0.3 is 5.69 Å². The van der Waals surface area contributed by atoms with Gasteiger partial charge in [-0.15, -0.1) is 0 Å². The summed E-state index contributed by atoms with van der Waals surface area (Å²) in [5.74, 6) is 0. The number of carbonyl (C=O) groups excluding carboxylic acids is 1. The van der Waals surface area contributed by atoms with Crippen LogP contribution >= 0.6 is 0 Å². The van der Waals surface area contributed by atoms with E-state index in [1.54, 1.807) is 13.0 Å². The van der Waals surface area contributed by atoms with Crippen molar-refractivity contribution in [1.82, 2.24) is 0 Å². The quantitative estimate of drug-likeness (QED) is 0.375. The van der Waals surface area contributed by atoms with Crippen LogP contribution in [0.2, 0.25) is 0 Å². The largest absolute Gasteiger partial charge is 0.393 e. The molecule has 0 bridgehead atoms. The molecule has 7 nitrogen and oxygen atoms in total. The Morgan fingerprint density at radius 1 is 1.26 bits per heavy atom. The summed E-state index contributed by atoms with van der Waals surface area (Å²) in [6, 6.07) is 2.99. The van der Waals surface area contributed by atoms with E-state index in [2.05, 4.69) is 0 Å². The van der Waals surface area contributed by atoms with Crippen molar-refractivity contribution < 1.29 is 19.2 Å². The van der Waals surface area contributed by atoms with E-state index in [-0.39, 0.29) is 16.9 Å². The molecule has 1 aliphatic rings. The highest BCUT2D eigenvalue weighted by molar-refractivity contribution is 5.87. The summed E-state index contributed by atoms with van der Waals surface area (Å²) in [5.41, 5.74) is 5.67. The van der Waals surface area contributed by atoms with Crippen molar-refractivity contribution in [2.45, 2.75) is 6.92 Å². The van der Waals surface area contributed by atoms with Crippen molar-refractivity contribution in [2.24, 2.45) is 0 Å². The number of anilines is 1. The minimum atomic E-state index is -0.647. The maximum Gasteiger partial charge on any atom is 0.302 e. The van der Waals surface area contributed by atoms with Crippen molar-refractivity contribution in [2.75, 3.05) is 32.2 Å². The molecule has 104 valence electrons. The smallest absolute Gasteiger partial charge is 0.302 e. The first-order valence-electron chi connectivity index (χ1n) is 5.72. The lowest BCUT2D eigenvalue weighted by atomic mass is 10.1. The van der Waals surface area contributed by atoms with Crippen LogP contribution in [0.15, 0.2) is 12.1 Å². The Hall–Kier alpha value is -1.99. The highest BCUT2D eigenvalue weighted by atomic mass is 16.6. The van der Waals surface area contributed by atoms with Gasteiger partial charge in [-0.25, -0.2) is 0 Å². The molecule has 2 N–H and O–H groups in total. The van der Waals surface area contributed by atoms with Crippen LogP contribution in [0.5, 0.6) is 0 Å². The number of hydrogen-bond acceptors (Lipinski definition) is 6. The van der Waals surface area contributed by atoms with Crippen molar-refractivity contribution >= 4 is 17.7 Å². The van der Waals surface area contributed by atoms with E-state index >= 15 is 0 Å². The van der Waals surface area contributed by atoms with Gasteiger partial charge in [0.1, 0.15) is 5.69 Å². The number of carbonyl (C=O) groups is 1. The summed E-state index contributed by atoms with van der Waals surface area (Å²) >= 11 is 0. The van der Waals surface area contributed by atoms with Crippen LogP contribution < -0.4 is 5.73 Å². The number of nitrogens with two attached hydrogens (primary N) is 1. The topological polar surface area (TPSA) is 105 Å². The number of rotatable bonds is 2. The van der Waals surface area contributed by atoms with Crippen LogP contribution in [0.3, 0.4) is 0 Å². The average molecular weight is 268 g/mol. The van der Waals surface area contributed by atoms with Gasteiger partial charge in [0, 0.05) is 0 Å². The second-order valence-electron chi connectivity index (χ2n) is 3.83. The first-order chi connectivity index (χ1) is 9.07. The van der Waals surface area contributed by atoms with E-state index in [1.165, 1.54) is 6.07 Å². The molecule has 1 saturated heterocycles. The summed E-state index contributed by atoms with van der Waals surface area (Å²) < 4.78 is 9.89. The molecule has 0 radical (unpaired) electrons. The van der Waals surface area contributed by atoms with Gasteiger partial charge in [-0.2, -0.15) is 0 Å². The van der Waals surface area contributed by atoms with Gasteiger partial charge < -0.3 is 15.2 Å². The molecule has 1 aromatic rings. The number of benzene rings is 1. The van der Waals surface area contributed by atoms with Crippen LogP contribution in [0.1, 0.15) is 15.9 Å². The van der Waals surface area contributed by atoms with Gasteiger partial charge in [-0.05, 0) is 18.6 Å². The number of nitro benzene ring substituents is 1. The molecule has 0 spiro atoms. The van der Waals surface area contributed by atoms with E-state index in [0.717, 1.165) is 26.4 Å². The van der Waals surface area contributed by atoms with E-state index < -0.39 is 4.92 Å². The number of nitrogens with zero attached hydrogens (tertiary/aromatic N) is 1. The molecule has 0 aliphatic carbocycles. The Kier molecular flexibility index (Phi) is 5.91. The highest BCUT2D eigenvalue weighted by Crippen LogP contribution is 2.27. The van der Waals surface area contributed by atoms with Gasteiger partial charge in [0.25, 0.3) is 0 Å². The molecule has 0 aromatic heterocycles. The number of ether oxygens (including phenoxy) is 2. The average Bonchev–Trinajstić information content (AvgIpc) is 2.43. The SMILES string of the molecule is C1COCCO1.Cc1ccc(N)c([N+](=O)[O-])c1C=O. The predicted octanol–water partition coefficient (Wildman–Crippen LogP) is 1.33. The predicted molar refractivity (Wildman–Crippen MR) is 69.3 cm³/mol. The summed E-state index contributed by atoms with van der Waals surface area (Å²) in [6.07, 6.45) is 0.448. The molecule has 1 fully saturated rings. The van der Waals surface area contributed by atoms with Crippen LogP contribution in [0.25, 0.3) is 0 Å². The summed E-state index contributed by atoms with van der Waals surface area (Å²) in [6.45, 7) is 4.73.